The van der Waals surface area contributed by atoms with Crippen molar-refractivity contribution in [1.29, 1.82) is 0 Å². The standard InChI is InChI=1S/C19H21N3O4S/c1-3-22-9-8-13-14(10-22)27-18(15(13)16(20)23)21-17(24)11-4-6-12(7-5-11)19(25)26-2/h4-7H,3,8-10H2,1-2H3,(H2,20,23)(H,21,24)/p+1. The Balaban J connectivity index is 1.84. The Bertz CT molecular complexity index is 889. The van der Waals surface area contributed by atoms with Gasteiger partial charge in [-0.15, -0.1) is 11.3 Å². The van der Waals surface area contributed by atoms with E-state index in [1.807, 2.05) is 0 Å². The lowest BCUT2D eigenvalue weighted by Crippen LogP contribution is -3.11. The van der Waals surface area contributed by atoms with E-state index >= 15 is 0 Å². The summed E-state index contributed by atoms with van der Waals surface area (Å²) in [5.74, 6) is -1.34. The predicted molar refractivity (Wildman–Crippen MR) is 102 cm³/mol. The molecule has 0 radical (unpaired) electrons. The second-order valence-corrected chi connectivity index (χ2v) is 7.48. The Labute approximate surface area is 161 Å². The van der Waals surface area contributed by atoms with Crippen LogP contribution < -0.4 is 16.0 Å². The van der Waals surface area contributed by atoms with Crippen LogP contribution in [0.3, 0.4) is 0 Å². The number of ether oxygens (including phenoxy) is 1. The molecule has 0 spiro atoms. The maximum Gasteiger partial charge on any atom is 0.337 e. The number of nitrogens with two attached hydrogens (primary N) is 1. The van der Waals surface area contributed by atoms with Crippen LogP contribution in [0.5, 0.6) is 0 Å². The second kappa shape index (κ2) is 7.89. The minimum atomic E-state index is -0.524. The van der Waals surface area contributed by atoms with E-state index in [1.165, 1.54) is 35.5 Å². The molecule has 1 atom stereocenters. The maximum atomic E-state index is 12.6. The van der Waals surface area contributed by atoms with E-state index in [0.29, 0.717) is 21.7 Å². The fraction of sp³-hybridized carbons (Fsp3) is 0.316. The zero-order chi connectivity index (χ0) is 19.6. The fourth-order valence-corrected chi connectivity index (χ4v) is 4.56. The first-order chi connectivity index (χ1) is 12.9. The Hall–Kier alpha value is -2.71. The smallest absolute Gasteiger partial charge is 0.337 e. The van der Waals surface area contributed by atoms with Gasteiger partial charge in [-0.1, -0.05) is 0 Å². The van der Waals surface area contributed by atoms with Crippen LogP contribution in [0.2, 0.25) is 0 Å². The number of thiophene rings is 1. The molecule has 2 aromatic rings. The summed E-state index contributed by atoms with van der Waals surface area (Å²) in [6, 6.07) is 6.14. The quantitative estimate of drug-likeness (QED) is 0.661. The number of benzene rings is 1. The molecule has 7 nitrogen and oxygen atoms in total. The van der Waals surface area contributed by atoms with Crippen LogP contribution in [0.15, 0.2) is 24.3 Å². The van der Waals surface area contributed by atoms with Gasteiger partial charge in [0.25, 0.3) is 11.8 Å². The van der Waals surface area contributed by atoms with Crippen LogP contribution in [0.1, 0.15) is 48.4 Å². The molecule has 0 fully saturated rings. The highest BCUT2D eigenvalue weighted by Gasteiger charge is 2.29. The number of primary amides is 1. The van der Waals surface area contributed by atoms with Crippen molar-refractivity contribution >= 4 is 34.1 Å². The van der Waals surface area contributed by atoms with E-state index in [-0.39, 0.29) is 5.91 Å². The average molecular weight is 388 g/mol. The third-order valence-electron chi connectivity index (χ3n) is 4.77. The Morgan fingerprint density at radius 2 is 1.89 bits per heavy atom. The van der Waals surface area contributed by atoms with Crippen molar-refractivity contribution in [3.05, 3.63) is 51.4 Å². The number of esters is 1. The van der Waals surface area contributed by atoms with Crippen LogP contribution in [0.4, 0.5) is 5.00 Å². The van der Waals surface area contributed by atoms with Gasteiger partial charge < -0.3 is 20.7 Å². The average Bonchev–Trinajstić information content (AvgIpc) is 3.04. The number of hydrogen-bond acceptors (Lipinski definition) is 5. The first-order valence-corrected chi connectivity index (χ1v) is 9.53. The zero-order valence-electron chi connectivity index (χ0n) is 15.3. The second-order valence-electron chi connectivity index (χ2n) is 6.38. The van der Waals surface area contributed by atoms with Gasteiger partial charge in [0.2, 0.25) is 0 Å². The predicted octanol–water partition coefficient (Wildman–Crippen LogP) is 0.847. The summed E-state index contributed by atoms with van der Waals surface area (Å²) in [5.41, 5.74) is 7.71. The SMILES string of the molecule is CC[NH+]1CCc2c(sc(NC(=O)c3ccc(C(=O)OC)cc3)c2C(N)=O)C1. The van der Waals surface area contributed by atoms with E-state index in [2.05, 4.69) is 17.0 Å². The number of amides is 2. The van der Waals surface area contributed by atoms with Gasteiger partial charge in [0.05, 0.1) is 36.2 Å². The first-order valence-electron chi connectivity index (χ1n) is 8.72. The molecule has 2 amide bonds. The molecule has 0 aliphatic carbocycles. The lowest BCUT2D eigenvalue weighted by atomic mass is 10.0. The van der Waals surface area contributed by atoms with Gasteiger partial charge >= 0.3 is 5.97 Å². The van der Waals surface area contributed by atoms with Gasteiger partial charge in [-0.05, 0) is 36.8 Å². The summed E-state index contributed by atoms with van der Waals surface area (Å²) < 4.78 is 4.65. The van der Waals surface area contributed by atoms with Crippen molar-refractivity contribution in [1.82, 2.24) is 0 Å². The van der Waals surface area contributed by atoms with Gasteiger partial charge in [0.15, 0.2) is 0 Å². The summed E-state index contributed by atoms with van der Waals surface area (Å²) in [6.45, 7) is 4.92. The highest BCUT2D eigenvalue weighted by atomic mass is 32.1. The van der Waals surface area contributed by atoms with Crippen molar-refractivity contribution in [2.45, 2.75) is 19.9 Å². The van der Waals surface area contributed by atoms with Crippen molar-refractivity contribution in [3.63, 3.8) is 0 Å². The summed E-state index contributed by atoms with van der Waals surface area (Å²) in [7, 11) is 1.30. The lowest BCUT2D eigenvalue weighted by molar-refractivity contribution is -0.913. The van der Waals surface area contributed by atoms with E-state index in [0.717, 1.165) is 36.5 Å². The van der Waals surface area contributed by atoms with Crippen LogP contribution in [-0.4, -0.2) is 38.0 Å². The maximum absolute atomic E-state index is 12.6. The number of quaternary nitrogens is 1. The summed E-state index contributed by atoms with van der Waals surface area (Å²) in [6.07, 6.45) is 0.775. The lowest BCUT2D eigenvalue weighted by Gasteiger charge is -2.22. The third kappa shape index (κ3) is 3.86. The van der Waals surface area contributed by atoms with Gasteiger partial charge in [0.1, 0.15) is 11.5 Å². The molecule has 2 heterocycles. The molecular weight excluding hydrogens is 366 g/mol. The van der Waals surface area contributed by atoms with E-state index < -0.39 is 11.9 Å². The highest BCUT2D eigenvalue weighted by Crippen LogP contribution is 2.34. The van der Waals surface area contributed by atoms with Crippen LogP contribution in [0.25, 0.3) is 0 Å². The number of rotatable bonds is 5. The molecule has 27 heavy (non-hydrogen) atoms. The van der Waals surface area contributed by atoms with Crippen molar-refractivity contribution in [2.75, 3.05) is 25.5 Å². The molecule has 0 bridgehead atoms. The van der Waals surface area contributed by atoms with Crippen molar-refractivity contribution in [3.8, 4) is 0 Å². The highest BCUT2D eigenvalue weighted by molar-refractivity contribution is 7.17. The van der Waals surface area contributed by atoms with E-state index in [9.17, 15) is 14.4 Å². The van der Waals surface area contributed by atoms with Crippen LogP contribution in [0, 0.1) is 0 Å². The van der Waals surface area contributed by atoms with Crippen LogP contribution >= 0.6 is 11.3 Å². The normalized spacial score (nSPS) is 15.7. The molecular formula is C19H22N3O4S+. The molecule has 1 aromatic heterocycles. The van der Waals surface area contributed by atoms with E-state index in [1.54, 1.807) is 12.1 Å². The molecule has 4 N–H and O–H groups in total. The number of methoxy groups -OCH3 is 1. The van der Waals surface area contributed by atoms with Gasteiger partial charge in [-0.2, -0.15) is 0 Å². The van der Waals surface area contributed by atoms with E-state index in [4.69, 9.17) is 5.73 Å². The van der Waals surface area contributed by atoms with Gasteiger partial charge in [-0.25, -0.2) is 4.79 Å². The van der Waals surface area contributed by atoms with Gasteiger partial charge in [0, 0.05) is 12.0 Å². The van der Waals surface area contributed by atoms with Crippen LogP contribution in [-0.2, 0) is 17.7 Å². The topological polar surface area (TPSA) is 103 Å². The minimum absolute atomic E-state index is 0.354. The molecule has 1 unspecified atom stereocenters. The number of nitrogens with one attached hydrogen (secondary N) is 2. The Morgan fingerprint density at radius 1 is 1.22 bits per heavy atom. The van der Waals surface area contributed by atoms with Gasteiger partial charge in [-0.3, -0.25) is 9.59 Å². The molecule has 142 valence electrons. The number of carbonyl (C=O) groups is 3. The monoisotopic (exact) mass is 388 g/mol. The molecule has 0 saturated heterocycles. The molecule has 1 aliphatic heterocycles. The number of hydrogen-bond donors (Lipinski definition) is 3. The zero-order valence-corrected chi connectivity index (χ0v) is 16.1. The first kappa shape index (κ1) is 19.1. The Morgan fingerprint density at radius 3 is 2.48 bits per heavy atom. The summed E-state index contributed by atoms with van der Waals surface area (Å²) >= 11 is 1.42. The molecule has 1 aromatic carbocycles. The summed E-state index contributed by atoms with van der Waals surface area (Å²) in [4.78, 5) is 38.6. The minimum Gasteiger partial charge on any atom is -0.465 e. The molecule has 3 rings (SSSR count). The van der Waals surface area contributed by atoms with Crippen molar-refractivity contribution in [2.24, 2.45) is 5.73 Å². The molecule has 1 aliphatic rings. The number of likely N-dealkylation sites (N-methyl/N-ethyl adjacent to an activating group) is 1. The number of carbonyl (C=O) groups excluding carboxylic acids is 3. The molecule has 8 heteroatoms. The Kier molecular flexibility index (Phi) is 5.57. The molecule has 0 saturated carbocycles. The van der Waals surface area contributed by atoms with Crippen molar-refractivity contribution < 1.29 is 24.0 Å². The summed E-state index contributed by atoms with van der Waals surface area (Å²) in [5, 5.41) is 3.31. The fourth-order valence-electron chi connectivity index (χ4n) is 3.24. The largest absolute Gasteiger partial charge is 0.465 e. The number of fused-ring (bicyclic) bond motifs is 1. The third-order valence-corrected chi connectivity index (χ3v) is 5.92. The number of anilines is 1.